The molecule has 0 aliphatic carbocycles. The zero-order valence-electron chi connectivity index (χ0n) is 30.1. The van der Waals surface area contributed by atoms with E-state index < -0.39 is 0 Å². The molecular weight excluding hydrogens is 636 g/mol. The van der Waals surface area contributed by atoms with Crippen molar-refractivity contribution in [3.8, 4) is 22.6 Å². The lowest BCUT2D eigenvalue weighted by atomic mass is 9.93. The molecule has 2 aliphatic rings. The van der Waals surface area contributed by atoms with Gasteiger partial charge in [-0.1, -0.05) is 38.0 Å². The Morgan fingerprint density at radius 1 is 1.10 bits per heavy atom. The van der Waals surface area contributed by atoms with E-state index in [4.69, 9.17) is 4.98 Å². The first-order chi connectivity index (χ1) is 24.8. The number of fused-ring (bicyclic) bond motifs is 1. The van der Waals surface area contributed by atoms with Gasteiger partial charge < -0.3 is 20.5 Å². The molecule has 9 heteroatoms. The van der Waals surface area contributed by atoms with E-state index >= 15 is 0 Å². The number of imidazole rings is 1. The van der Waals surface area contributed by atoms with Crippen LogP contribution in [0.5, 0.6) is 0 Å². The molecule has 0 unspecified atom stereocenters. The molecule has 6 rings (SSSR count). The summed E-state index contributed by atoms with van der Waals surface area (Å²) in [5.74, 6) is 0.970. The number of nitrogens with one attached hydrogen (secondary N) is 4. The Balaban J connectivity index is 1.26. The third kappa shape index (κ3) is 8.90. The summed E-state index contributed by atoms with van der Waals surface area (Å²) in [7, 11) is 0. The number of aryl methyl sites for hydroxylation is 1. The smallest absolute Gasteiger partial charge is 0.159 e. The number of halogens is 1. The zero-order valence-corrected chi connectivity index (χ0v) is 30.1. The molecule has 1 aromatic carbocycles. The maximum atomic E-state index is 15.0. The summed E-state index contributed by atoms with van der Waals surface area (Å²) >= 11 is 0. The number of allylic oxidation sites excluding steroid dienone is 6. The minimum Gasteiger partial charge on any atom is -0.359 e. The van der Waals surface area contributed by atoms with E-state index in [1.807, 2.05) is 44.2 Å². The second kappa shape index (κ2) is 16.9. The lowest BCUT2D eigenvalue weighted by molar-refractivity contribution is 0.334. The van der Waals surface area contributed by atoms with E-state index in [9.17, 15) is 4.39 Å². The van der Waals surface area contributed by atoms with Crippen LogP contribution in [0.25, 0.3) is 45.8 Å². The van der Waals surface area contributed by atoms with Gasteiger partial charge >= 0.3 is 0 Å². The van der Waals surface area contributed by atoms with Gasteiger partial charge in [-0.15, -0.1) is 0 Å². The van der Waals surface area contributed by atoms with Gasteiger partial charge in [0.15, 0.2) is 5.82 Å². The average Bonchev–Trinajstić information content (AvgIpc) is 3.90. The van der Waals surface area contributed by atoms with Gasteiger partial charge in [0.25, 0.3) is 0 Å². The van der Waals surface area contributed by atoms with Gasteiger partial charge in [-0.2, -0.15) is 5.10 Å². The average molecular weight is 687 g/mol. The molecule has 0 atom stereocenters. The number of piperidine rings is 1. The summed E-state index contributed by atoms with van der Waals surface area (Å²) in [5.41, 5.74) is 8.26. The lowest BCUT2D eigenvalue weighted by Gasteiger charge is -2.24. The lowest BCUT2D eigenvalue weighted by Crippen LogP contribution is -2.28. The summed E-state index contributed by atoms with van der Waals surface area (Å²) in [6.45, 7) is 22.2. The number of aromatic nitrogens is 5. The quantitative estimate of drug-likeness (QED) is 0.109. The molecule has 0 amide bonds. The van der Waals surface area contributed by atoms with Crippen LogP contribution in [0, 0.1) is 11.7 Å². The fraction of sp³-hybridized carbons (Fsp3) is 0.357. The molecule has 51 heavy (non-hydrogen) atoms. The number of H-pyrrole nitrogens is 2. The van der Waals surface area contributed by atoms with Crippen LogP contribution >= 0.6 is 0 Å². The van der Waals surface area contributed by atoms with E-state index in [0.717, 1.165) is 107 Å². The van der Waals surface area contributed by atoms with E-state index in [0.29, 0.717) is 23.0 Å². The maximum Gasteiger partial charge on any atom is 0.159 e. The van der Waals surface area contributed by atoms with Gasteiger partial charge in [-0.25, -0.2) is 9.37 Å². The Labute approximate surface area is 300 Å². The van der Waals surface area contributed by atoms with Crippen LogP contribution in [-0.2, 0) is 6.42 Å². The fourth-order valence-corrected chi connectivity index (χ4v) is 7.25. The Bertz CT molecular complexity index is 2070. The SMILES string of the molecule is C=C/C(=C\C(=C/C)C(=C)/C=c1/c(-c2nc3c(-c4cc(F)cc(CCCN5CCCC5)c4)cncc3[nH]2)n[nH]/c1=C/C)NC(=C)CC1CCNCC1. The van der Waals surface area contributed by atoms with Crippen LogP contribution in [0.15, 0.2) is 91.1 Å². The third-order valence-corrected chi connectivity index (χ3v) is 9.99. The highest BCUT2D eigenvalue weighted by atomic mass is 19.1. The van der Waals surface area contributed by atoms with Crippen molar-refractivity contribution in [2.24, 2.45) is 5.92 Å². The topological polar surface area (TPSA) is 97.6 Å². The standard InChI is InChI=1S/C42H51FN8/c1-6-32(25-35(7-2)46-29(5)21-30-13-15-44-16-14-30)28(4)20-36-38(8-3)49-50-41(36)42-47-39-27-45-26-37(40(39)48-42)33-22-31(23-34(43)24-33)12-11-19-51-17-9-10-18-51/h6-8,20,22-27,30,44,46,49H,2,4-5,9-19,21H2,1,3H3,(H,47,48)/b32-6+,35-25+,36-20+,38-8+. The van der Waals surface area contributed by atoms with Crippen LogP contribution in [0.1, 0.15) is 57.9 Å². The molecule has 266 valence electrons. The number of hydrogen-bond donors (Lipinski definition) is 4. The zero-order chi connectivity index (χ0) is 35.7. The van der Waals surface area contributed by atoms with Gasteiger partial charge in [0.1, 0.15) is 11.5 Å². The number of aromatic amines is 2. The summed E-state index contributed by atoms with van der Waals surface area (Å²) in [6, 6.07) is 5.28. The number of pyridine rings is 1. The first kappa shape index (κ1) is 35.9. The molecule has 2 aliphatic heterocycles. The van der Waals surface area contributed by atoms with Crippen LogP contribution in [0.4, 0.5) is 4.39 Å². The molecule has 0 bridgehead atoms. The summed E-state index contributed by atoms with van der Waals surface area (Å²) in [6.07, 6.45) is 21.1. The predicted molar refractivity (Wildman–Crippen MR) is 208 cm³/mol. The molecule has 4 aromatic rings. The van der Waals surface area contributed by atoms with Crippen molar-refractivity contribution in [3.63, 3.8) is 0 Å². The van der Waals surface area contributed by atoms with Crippen LogP contribution < -0.4 is 21.2 Å². The van der Waals surface area contributed by atoms with E-state index in [-0.39, 0.29) is 5.82 Å². The van der Waals surface area contributed by atoms with Crippen LogP contribution in [-0.4, -0.2) is 62.8 Å². The second-order valence-electron chi connectivity index (χ2n) is 13.7. The van der Waals surface area contributed by atoms with Crippen molar-refractivity contribution in [3.05, 3.63) is 113 Å². The predicted octanol–water partition coefficient (Wildman–Crippen LogP) is 6.83. The maximum absolute atomic E-state index is 15.0. The Kier molecular flexibility index (Phi) is 11.9. The number of hydrogen-bond acceptors (Lipinski definition) is 6. The van der Waals surface area contributed by atoms with Crippen LogP contribution in [0.3, 0.4) is 0 Å². The van der Waals surface area contributed by atoms with Crippen LogP contribution in [0.2, 0.25) is 0 Å². The molecule has 2 fully saturated rings. The normalized spacial score (nSPS) is 17.1. The van der Waals surface area contributed by atoms with Crippen molar-refractivity contribution < 1.29 is 4.39 Å². The monoisotopic (exact) mass is 686 g/mol. The first-order valence-corrected chi connectivity index (χ1v) is 18.3. The second-order valence-corrected chi connectivity index (χ2v) is 13.7. The van der Waals surface area contributed by atoms with Crippen molar-refractivity contribution in [2.45, 2.75) is 58.8 Å². The third-order valence-electron chi connectivity index (χ3n) is 9.99. The minimum atomic E-state index is -0.253. The molecular formula is C42H51FN8. The van der Waals surface area contributed by atoms with E-state index in [2.05, 4.69) is 61.5 Å². The van der Waals surface area contributed by atoms with Crippen molar-refractivity contribution in [2.75, 3.05) is 32.7 Å². The van der Waals surface area contributed by atoms with E-state index in [1.165, 1.54) is 25.9 Å². The fourth-order valence-electron chi connectivity index (χ4n) is 7.25. The van der Waals surface area contributed by atoms with Crippen molar-refractivity contribution in [1.29, 1.82) is 0 Å². The largest absolute Gasteiger partial charge is 0.359 e. The molecule has 0 radical (unpaired) electrons. The molecule has 0 saturated carbocycles. The Morgan fingerprint density at radius 3 is 2.65 bits per heavy atom. The molecule has 4 N–H and O–H groups in total. The molecule has 8 nitrogen and oxygen atoms in total. The van der Waals surface area contributed by atoms with E-state index in [1.54, 1.807) is 24.5 Å². The molecule has 2 saturated heterocycles. The molecule has 3 aromatic heterocycles. The van der Waals surface area contributed by atoms with Gasteiger partial charge in [0.05, 0.1) is 22.6 Å². The summed E-state index contributed by atoms with van der Waals surface area (Å²) < 4.78 is 15.0. The Hall–Kier alpha value is -4.86. The minimum absolute atomic E-state index is 0.253. The van der Waals surface area contributed by atoms with Gasteiger partial charge in [-0.3, -0.25) is 10.1 Å². The van der Waals surface area contributed by atoms with Crippen molar-refractivity contribution >= 4 is 23.2 Å². The highest BCUT2D eigenvalue weighted by molar-refractivity contribution is 5.92. The molecule has 0 spiro atoms. The highest BCUT2D eigenvalue weighted by Crippen LogP contribution is 2.30. The highest BCUT2D eigenvalue weighted by Gasteiger charge is 2.17. The van der Waals surface area contributed by atoms with Gasteiger partial charge in [0.2, 0.25) is 0 Å². The first-order valence-electron chi connectivity index (χ1n) is 18.3. The number of benzene rings is 1. The van der Waals surface area contributed by atoms with Gasteiger partial charge in [0, 0.05) is 28.4 Å². The number of nitrogens with zero attached hydrogens (tertiary/aromatic N) is 4. The van der Waals surface area contributed by atoms with Crippen molar-refractivity contribution in [1.82, 2.24) is 40.7 Å². The number of likely N-dealkylation sites (tertiary alicyclic amines) is 1. The number of rotatable bonds is 14. The summed E-state index contributed by atoms with van der Waals surface area (Å²) in [4.78, 5) is 15.4. The molecule has 5 heterocycles. The van der Waals surface area contributed by atoms with Gasteiger partial charge in [-0.05, 0) is 150 Å². The Morgan fingerprint density at radius 2 is 1.90 bits per heavy atom. The summed E-state index contributed by atoms with van der Waals surface area (Å²) in [5, 5.41) is 16.5.